The van der Waals surface area contributed by atoms with Gasteiger partial charge in [0.2, 0.25) is 5.92 Å². The molecule has 136 valence electrons. The topological polar surface area (TPSA) is 106 Å². The molecule has 1 unspecified atom stereocenters. The van der Waals surface area contributed by atoms with Gasteiger partial charge in [-0.2, -0.15) is 0 Å². The molecule has 1 heterocycles. The fraction of sp³-hybridized carbons (Fsp3) is 0.278. The second kappa shape index (κ2) is 6.80. The highest BCUT2D eigenvalue weighted by molar-refractivity contribution is 5.89. The zero-order chi connectivity index (χ0) is 18.9. The molecule has 0 radical (unpaired) electrons. The molecule has 0 spiro atoms. The van der Waals surface area contributed by atoms with Gasteiger partial charge in [-0.15, -0.1) is 0 Å². The van der Waals surface area contributed by atoms with Gasteiger partial charge in [-0.05, 0) is 35.9 Å². The lowest BCUT2D eigenvalue weighted by Crippen LogP contribution is -2.38. The summed E-state index contributed by atoms with van der Waals surface area (Å²) < 4.78 is 26.0. The Hall–Kier alpha value is -2.87. The van der Waals surface area contributed by atoms with E-state index in [1.54, 1.807) is 12.1 Å². The van der Waals surface area contributed by atoms with E-state index in [2.05, 4.69) is 10.3 Å². The third-order valence-electron chi connectivity index (χ3n) is 4.40. The van der Waals surface area contributed by atoms with Crippen molar-refractivity contribution < 1.29 is 23.8 Å². The van der Waals surface area contributed by atoms with Crippen molar-refractivity contribution in [1.29, 1.82) is 5.41 Å². The predicted molar refractivity (Wildman–Crippen MR) is 91.4 cm³/mol. The zero-order valence-electron chi connectivity index (χ0n) is 13.6. The molecule has 2 aromatic rings. The quantitative estimate of drug-likeness (QED) is 0.588. The third kappa shape index (κ3) is 3.70. The highest BCUT2D eigenvalue weighted by Crippen LogP contribution is 2.48. The van der Waals surface area contributed by atoms with E-state index < -0.39 is 23.9 Å². The molecule has 8 heteroatoms. The summed E-state index contributed by atoms with van der Waals surface area (Å²) in [7, 11) is 0. The number of aliphatic hydroxyl groups excluding tert-OH is 1. The molecule has 1 aliphatic carbocycles. The molecule has 1 fully saturated rings. The summed E-state index contributed by atoms with van der Waals surface area (Å²) in [5.41, 5.74) is 1.50. The van der Waals surface area contributed by atoms with Crippen LogP contribution in [0.2, 0.25) is 0 Å². The van der Waals surface area contributed by atoms with E-state index in [1.807, 2.05) is 0 Å². The number of carboxylic acid groups (broad SMARTS) is 1. The van der Waals surface area contributed by atoms with Crippen LogP contribution in [0.4, 0.5) is 20.3 Å². The maximum Gasteiger partial charge on any atom is 0.335 e. The number of benzene rings is 1. The van der Waals surface area contributed by atoms with E-state index >= 15 is 0 Å². The summed E-state index contributed by atoms with van der Waals surface area (Å²) in [5.74, 6) is -3.92. The Morgan fingerprint density at radius 2 is 2.00 bits per heavy atom. The molecule has 0 bridgehead atoms. The molecule has 0 saturated heterocycles. The SMILES string of the molecule is N=Cc1cc(C(O)C2CC(F)(F)C2)cnc1Nc1ccc(C(=O)O)cc1. The first kappa shape index (κ1) is 17.9. The summed E-state index contributed by atoms with van der Waals surface area (Å²) in [6, 6.07) is 7.54. The third-order valence-corrected chi connectivity index (χ3v) is 4.40. The molecular formula is C18H17F2N3O3. The standard InChI is InChI=1S/C18H17F2N3O3/c19-18(20)6-13(7-18)15(24)12-5-11(8-21)16(22-9-12)23-14-3-1-10(2-4-14)17(25)26/h1-5,8-9,13,15,21,24H,6-7H2,(H,22,23)(H,25,26). The minimum atomic E-state index is -2.72. The van der Waals surface area contributed by atoms with E-state index in [9.17, 15) is 18.7 Å². The summed E-state index contributed by atoms with van der Waals surface area (Å²) >= 11 is 0. The number of hydrogen-bond acceptors (Lipinski definition) is 5. The monoisotopic (exact) mass is 361 g/mol. The Labute approximate surface area is 148 Å². The van der Waals surface area contributed by atoms with E-state index in [0.29, 0.717) is 22.6 Å². The van der Waals surface area contributed by atoms with Crippen LogP contribution in [-0.2, 0) is 0 Å². The Morgan fingerprint density at radius 1 is 1.35 bits per heavy atom. The van der Waals surface area contributed by atoms with E-state index in [0.717, 1.165) is 6.21 Å². The number of anilines is 2. The summed E-state index contributed by atoms with van der Waals surface area (Å²) in [5, 5.41) is 29.6. The first-order chi connectivity index (χ1) is 12.3. The van der Waals surface area contributed by atoms with Gasteiger partial charge in [-0.1, -0.05) is 0 Å². The molecule has 1 aromatic carbocycles. The van der Waals surface area contributed by atoms with Gasteiger partial charge in [-0.3, -0.25) is 0 Å². The van der Waals surface area contributed by atoms with Crippen molar-refractivity contribution in [3.05, 3.63) is 53.2 Å². The molecule has 1 saturated carbocycles. The zero-order valence-corrected chi connectivity index (χ0v) is 13.6. The lowest BCUT2D eigenvalue weighted by molar-refractivity contribution is -0.142. The Balaban J connectivity index is 1.76. The molecule has 1 aromatic heterocycles. The maximum absolute atomic E-state index is 13.0. The van der Waals surface area contributed by atoms with E-state index in [-0.39, 0.29) is 18.4 Å². The number of alkyl halides is 2. The van der Waals surface area contributed by atoms with Crippen LogP contribution in [0.1, 0.15) is 40.4 Å². The number of pyridine rings is 1. The van der Waals surface area contributed by atoms with Crippen LogP contribution in [0.3, 0.4) is 0 Å². The van der Waals surface area contributed by atoms with Crippen molar-refractivity contribution >= 4 is 23.7 Å². The Morgan fingerprint density at radius 3 is 2.54 bits per heavy atom. The van der Waals surface area contributed by atoms with Gasteiger partial charge in [0, 0.05) is 42.4 Å². The van der Waals surface area contributed by atoms with Crippen LogP contribution in [-0.4, -0.2) is 33.3 Å². The number of carbonyl (C=O) groups is 1. The average molecular weight is 361 g/mol. The van der Waals surface area contributed by atoms with Crippen LogP contribution in [0.25, 0.3) is 0 Å². The van der Waals surface area contributed by atoms with Gasteiger partial charge in [0.1, 0.15) is 5.82 Å². The largest absolute Gasteiger partial charge is 0.478 e. The molecule has 3 rings (SSSR count). The van der Waals surface area contributed by atoms with Gasteiger partial charge in [0.15, 0.2) is 0 Å². The van der Waals surface area contributed by atoms with Crippen molar-refractivity contribution in [2.24, 2.45) is 5.92 Å². The Kier molecular flexibility index (Phi) is 4.69. The van der Waals surface area contributed by atoms with Crippen molar-refractivity contribution in [3.63, 3.8) is 0 Å². The molecule has 1 aliphatic rings. The molecule has 0 aliphatic heterocycles. The fourth-order valence-electron chi connectivity index (χ4n) is 2.91. The van der Waals surface area contributed by atoms with Gasteiger partial charge in [-0.25, -0.2) is 18.6 Å². The first-order valence-corrected chi connectivity index (χ1v) is 7.96. The van der Waals surface area contributed by atoms with Gasteiger partial charge in [0.05, 0.1) is 11.7 Å². The lowest BCUT2D eigenvalue weighted by atomic mass is 9.76. The van der Waals surface area contributed by atoms with Crippen LogP contribution in [0.5, 0.6) is 0 Å². The summed E-state index contributed by atoms with van der Waals surface area (Å²) in [6.07, 6.45) is 0.674. The molecule has 0 amide bonds. The first-order valence-electron chi connectivity index (χ1n) is 7.96. The maximum atomic E-state index is 13.0. The molecule has 1 atom stereocenters. The normalized spacial score (nSPS) is 17.2. The van der Waals surface area contributed by atoms with Gasteiger partial charge in [0.25, 0.3) is 0 Å². The van der Waals surface area contributed by atoms with E-state index in [4.69, 9.17) is 10.5 Å². The Bertz CT molecular complexity index is 832. The minimum absolute atomic E-state index is 0.145. The number of aliphatic hydroxyl groups is 1. The van der Waals surface area contributed by atoms with Crippen molar-refractivity contribution in [2.45, 2.75) is 24.9 Å². The smallest absolute Gasteiger partial charge is 0.335 e. The van der Waals surface area contributed by atoms with Crippen LogP contribution >= 0.6 is 0 Å². The minimum Gasteiger partial charge on any atom is -0.478 e. The lowest BCUT2D eigenvalue weighted by Gasteiger charge is -2.38. The highest BCUT2D eigenvalue weighted by Gasteiger charge is 2.48. The van der Waals surface area contributed by atoms with Crippen LogP contribution < -0.4 is 5.32 Å². The molecule has 26 heavy (non-hydrogen) atoms. The predicted octanol–water partition coefficient (Wildman–Crippen LogP) is 3.60. The molecular weight excluding hydrogens is 344 g/mol. The van der Waals surface area contributed by atoms with Crippen LogP contribution in [0.15, 0.2) is 36.5 Å². The highest BCUT2D eigenvalue weighted by atomic mass is 19.3. The number of nitrogens with zero attached hydrogens (tertiary/aromatic N) is 1. The van der Waals surface area contributed by atoms with Crippen molar-refractivity contribution in [2.75, 3.05) is 5.32 Å². The second-order valence-electron chi connectivity index (χ2n) is 6.33. The molecule has 6 nitrogen and oxygen atoms in total. The number of rotatable bonds is 6. The van der Waals surface area contributed by atoms with Crippen LogP contribution in [0, 0.1) is 11.3 Å². The summed E-state index contributed by atoms with van der Waals surface area (Å²) in [6.45, 7) is 0. The number of halogens is 2. The number of carboxylic acids is 1. The fourth-order valence-corrected chi connectivity index (χ4v) is 2.91. The second-order valence-corrected chi connectivity index (χ2v) is 6.33. The number of aromatic carboxylic acids is 1. The summed E-state index contributed by atoms with van der Waals surface area (Å²) in [4.78, 5) is 15.0. The van der Waals surface area contributed by atoms with Crippen molar-refractivity contribution in [3.8, 4) is 0 Å². The number of nitrogens with one attached hydrogen (secondary N) is 2. The average Bonchev–Trinajstić information content (AvgIpc) is 2.59. The molecule has 4 N–H and O–H groups in total. The van der Waals surface area contributed by atoms with E-state index in [1.165, 1.54) is 24.4 Å². The number of aromatic nitrogens is 1. The van der Waals surface area contributed by atoms with Gasteiger partial charge < -0.3 is 20.9 Å². The van der Waals surface area contributed by atoms with Crippen molar-refractivity contribution in [1.82, 2.24) is 4.98 Å². The number of hydrogen-bond donors (Lipinski definition) is 4. The van der Waals surface area contributed by atoms with Gasteiger partial charge >= 0.3 is 5.97 Å².